The smallest absolute Gasteiger partial charge is 0.124 e. The third-order valence-electron chi connectivity index (χ3n) is 3.28. The summed E-state index contributed by atoms with van der Waals surface area (Å²) in [5.74, 6) is 2.79. The molecule has 0 N–H and O–H groups in total. The Labute approximate surface area is 115 Å². The molecule has 0 radical (unpaired) electrons. The van der Waals surface area contributed by atoms with Crippen LogP contribution in [-0.4, -0.2) is 16.7 Å². The van der Waals surface area contributed by atoms with Crippen molar-refractivity contribution >= 4 is 15.9 Å². The van der Waals surface area contributed by atoms with Crippen LogP contribution in [-0.2, 0) is 6.54 Å². The molecule has 0 unspecified atom stereocenters. The molecule has 94 valence electrons. The minimum absolute atomic E-state index is 0.668. The Morgan fingerprint density at radius 3 is 3.00 bits per heavy atom. The van der Waals surface area contributed by atoms with Gasteiger partial charge in [0.25, 0.3) is 0 Å². The monoisotopic (exact) mass is 306 g/mol. The second-order valence-corrected chi connectivity index (χ2v) is 5.56. The largest absolute Gasteiger partial charge is 0.496 e. The van der Waals surface area contributed by atoms with Crippen LogP contribution in [0, 0.1) is 0 Å². The predicted octanol–water partition coefficient (Wildman–Crippen LogP) is 3.58. The Hall–Kier alpha value is -1.29. The summed E-state index contributed by atoms with van der Waals surface area (Å²) in [4.78, 5) is 4.46. The van der Waals surface area contributed by atoms with Crippen molar-refractivity contribution in [1.29, 1.82) is 0 Å². The lowest BCUT2D eigenvalue weighted by molar-refractivity contribution is 0.408. The highest BCUT2D eigenvalue weighted by Gasteiger charge is 2.27. The van der Waals surface area contributed by atoms with E-state index in [-0.39, 0.29) is 0 Å². The van der Waals surface area contributed by atoms with Gasteiger partial charge in [0, 0.05) is 28.3 Å². The van der Waals surface area contributed by atoms with Gasteiger partial charge in [-0.15, -0.1) is 0 Å². The van der Waals surface area contributed by atoms with Gasteiger partial charge in [-0.2, -0.15) is 0 Å². The predicted molar refractivity (Wildman–Crippen MR) is 74.0 cm³/mol. The number of nitrogens with zero attached hydrogens (tertiary/aromatic N) is 2. The standard InChI is InChI=1S/C14H15BrN2O/c1-18-13-8-12(15)5-4-11(13)9-17-7-6-16-14(17)10-2-3-10/h4-8,10H,2-3,9H2,1H3. The van der Waals surface area contributed by atoms with Crippen molar-refractivity contribution in [2.45, 2.75) is 25.3 Å². The summed E-state index contributed by atoms with van der Waals surface area (Å²) in [6.45, 7) is 0.822. The number of hydrogen-bond donors (Lipinski definition) is 0. The number of benzene rings is 1. The fourth-order valence-corrected chi connectivity index (χ4v) is 2.53. The van der Waals surface area contributed by atoms with E-state index in [2.05, 4.69) is 37.7 Å². The van der Waals surface area contributed by atoms with Crippen LogP contribution < -0.4 is 4.74 Å². The van der Waals surface area contributed by atoms with Gasteiger partial charge in [0.05, 0.1) is 13.7 Å². The van der Waals surface area contributed by atoms with Gasteiger partial charge < -0.3 is 9.30 Å². The van der Waals surface area contributed by atoms with E-state index in [9.17, 15) is 0 Å². The van der Waals surface area contributed by atoms with Crippen molar-refractivity contribution in [3.63, 3.8) is 0 Å². The molecule has 18 heavy (non-hydrogen) atoms. The Morgan fingerprint density at radius 2 is 2.28 bits per heavy atom. The number of ether oxygens (including phenoxy) is 1. The van der Waals surface area contributed by atoms with Crippen LogP contribution in [0.15, 0.2) is 35.1 Å². The summed E-state index contributed by atoms with van der Waals surface area (Å²) in [6.07, 6.45) is 6.48. The molecule has 2 aromatic rings. The van der Waals surface area contributed by atoms with E-state index in [1.165, 1.54) is 24.2 Å². The van der Waals surface area contributed by atoms with E-state index in [4.69, 9.17) is 4.74 Å². The maximum atomic E-state index is 5.43. The van der Waals surface area contributed by atoms with Crippen LogP contribution in [0.25, 0.3) is 0 Å². The molecule has 1 aromatic carbocycles. The summed E-state index contributed by atoms with van der Waals surface area (Å²) in [6, 6.07) is 6.15. The first-order valence-electron chi connectivity index (χ1n) is 6.11. The van der Waals surface area contributed by atoms with Gasteiger partial charge in [-0.25, -0.2) is 4.98 Å². The first-order valence-corrected chi connectivity index (χ1v) is 6.90. The molecular weight excluding hydrogens is 292 g/mol. The summed E-state index contributed by atoms with van der Waals surface area (Å²) in [5, 5.41) is 0. The average molecular weight is 307 g/mol. The lowest BCUT2D eigenvalue weighted by atomic mass is 10.2. The van der Waals surface area contributed by atoms with E-state index < -0.39 is 0 Å². The van der Waals surface area contributed by atoms with E-state index >= 15 is 0 Å². The quantitative estimate of drug-likeness (QED) is 0.863. The van der Waals surface area contributed by atoms with Crippen molar-refractivity contribution in [3.05, 3.63) is 46.5 Å². The molecule has 1 fully saturated rings. The molecule has 0 atom stereocenters. The average Bonchev–Trinajstić information content (AvgIpc) is 3.12. The number of methoxy groups -OCH3 is 1. The van der Waals surface area contributed by atoms with E-state index in [0.717, 1.165) is 16.8 Å². The Balaban J connectivity index is 1.89. The highest BCUT2D eigenvalue weighted by atomic mass is 79.9. The molecule has 1 saturated carbocycles. The van der Waals surface area contributed by atoms with E-state index in [1.54, 1.807) is 7.11 Å². The number of rotatable bonds is 4. The van der Waals surface area contributed by atoms with Gasteiger partial charge in [-0.05, 0) is 25.0 Å². The second-order valence-electron chi connectivity index (χ2n) is 4.64. The van der Waals surface area contributed by atoms with Gasteiger partial charge in [0.1, 0.15) is 11.6 Å². The molecule has 0 saturated heterocycles. The lowest BCUT2D eigenvalue weighted by Gasteiger charge is -2.11. The first kappa shape index (κ1) is 11.8. The van der Waals surface area contributed by atoms with Crippen molar-refractivity contribution in [3.8, 4) is 5.75 Å². The van der Waals surface area contributed by atoms with Crippen molar-refractivity contribution in [2.75, 3.05) is 7.11 Å². The number of halogens is 1. The van der Waals surface area contributed by atoms with E-state index in [0.29, 0.717) is 5.92 Å². The fraction of sp³-hybridized carbons (Fsp3) is 0.357. The molecule has 1 aliphatic rings. The number of hydrogen-bond acceptors (Lipinski definition) is 2. The molecule has 0 amide bonds. The first-order chi connectivity index (χ1) is 8.78. The van der Waals surface area contributed by atoms with Crippen LogP contribution in [0.4, 0.5) is 0 Å². The van der Waals surface area contributed by atoms with Gasteiger partial charge in [0.2, 0.25) is 0 Å². The molecule has 1 aliphatic carbocycles. The lowest BCUT2D eigenvalue weighted by Crippen LogP contribution is -2.04. The van der Waals surface area contributed by atoms with Gasteiger partial charge in [0.15, 0.2) is 0 Å². The molecule has 1 heterocycles. The van der Waals surface area contributed by atoms with Crippen molar-refractivity contribution < 1.29 is 4.74 Å². The van der Waals surface area contributed by atoms with Crippen LogP contribution >= 0.6 is 15.9 Å². The molecule has 1 aromatic heterocycles. The Bertz CT molecular complexity index is 561. The SMILES string of the molecule is COc1cc(Br)ccc1Cn1ccnc1C1CC1. The van der Waals surface area contributed by atoms with Crippen molar-refractivity contribution in [1.82, 2.24) is 9.55 Å². The number of imidazole rings is 1. The Kier molecular flexibility index (Phi) is 3.12. The molecule has 4 heteroatoms. The maximum Gasteiger partial charge on any atom is 0.124 e. The highest BCUT2D eigenvalue weighted by molar-refractivity contribution is 9.10. The summed E-state index contributed by atoms with van der Waals surface area (Å²) >= 11 is 3.46. The van der Waals surface area contributed by atoms with E-state index in [1.807, 2.05) is 18.3 Å². The molecule has 3 rings (SSSR count). The van der Waals surface area contributed by atoms with Crippen LogP contribution in [0.5, 0.6) is 5.75 Å². The van der Waals surface area contributed by atoms with Gasteiger partial charge in [-0.1, -0.05) is 22.0 Å². The zero-order chi connectivity index (χ0) is 12.5. The van der Waals surface area contributed by atoms with Crippen LogP contribution in [0.3, 0.4) is 0 Å². The summed E-state index contributed by atoms with van der Waals surface area (Å²) in [7, 11) is 1.71. The van der Waals surface area contributed by atoms with Crippen LogP contribution in [0.2, 0.25) is 0 Å². The minimum Gasteiger partial charge on any atom is -0.496 e. The van der Waals surface area contributed by atoms with Crippen LogP contribution in [0.1, 0.15) is 30.1 Å². The normalized spacial score (nSPS) is 14.8. The zero-order valence-corrected chi connectivity index (χ0v) is 11.9. The molecule has 0 spiro atoms. The molecular formula is C14H15BrN2O. The summed E-state index contributed by atoms with van der Waals surface area (Å²) < 4.78 is 8.69. The van der Waals surface area contributed by atoms with Gasteiger partial charge in [-0.3, -0.25) is 0 Å². The maximum absolute atomic E-state index is 5.43. The molecule has 3 nitrogen and oxygen atoms in total. The molecule has 0 aliphatic heterocycles. The fourth-order valence-electron chi connectivity index (χ4n) is 2.19. The highest BCUT2D eigenvalue weighted by Crippen LogP contribution is 2.39. The summed E-state index contributed by atoms with van der Waals surface area (Å²) in [5.41, 5.74) is 1.18. The van der Waals surface area contributed by atoms with Gasteiger partial charge >= 0.3 is 0 Å². The zero-order valence-electron chi connectivity index (χ0n) is 10.3. The minimum atomic E-state index is 0.668. The van der Waals surface area contributed by atoms with Crippen molar-refractivity contribution in [2.24, 2.45) is 0 Å². The third-order valence-corrected chi connectivity index (χ3v) is 3.77. The number of aromatic nitrogens is 2. The second kappa shape index (κ2) is 4.76. The Morgan fingerprint density at radius 1 is 1.44 bits per heavy atom. The third kappa shape index (κ3) is 2.29. The topological polar surface area (TPSA) is 27.1 Å². The molecule has 0 bridgehead atoms.